The normalized spacial score (nSPS) is 37.0. The molecule has 72 valence electrons. The van der Waals surface area contributed by atoms with Gasteiger partial charge in [0, 0.05) is 18.5 Å². The SMILES string of the molecule is NC1CC1NC(=O)[C@H]1CCC(=O)N1. The molecule has 0 bridgehead atoms. The van der Waals surface area contributed by atoms with Gasteiger partial charge in [0.15, 0.2) is 0 Å². The lowest BCUT2D eigenvalue weighted by Crippen LogP contribution is -2.43. The zero-order valence-corrected chi connectivity index (χ0v) is 7.25. The van der Waals surface area contributed by atoms with Gasteiger partial charge < -0.3 is 16.4 Å². The molecule has 1 saturated heterocycles. The second kappa shape index (κ2) is 2.99. The number of nitrogens with two attached hydrogens (primary N) is 1. The quantitative estimate of drug-likeness (QED) is 0.486. The lowest BCUT2D eigenvalue weighted by atomic mass is 10.2. The average Bonchev–Trinajstić information content (AvgIpc) is 2.62. The van der Waals surface area contributed by atoms with Crippen molar-refractivity contribution in [1.82, 2.24) is 10.6 Å². The number of amides is 2. The van der Waals surface area contributed by atoms with Crippen LogP contribution in [0, 0.1) is 0 Å². The van der Waals surface area contributed by atoms with Gasteiger partial charge in [-0.15, -0.1) is 0 Å². The highest BCUT2D eigenvalue weighted by Crippen LogP contribution is 2.18. The van der Waals surface area contributed by atoms with E-state index in [-0.39, 0.29) is 29.9 Å². The Labute approximate surface area is 76.0 Å². The van der Waals surface area contributed by atoms with E-state index in [0.29, 0.717) is 12.8 Å². The minimum Gasteiger partial charge on any atom is -0.350 e. The van der Waals surface area contributed by atoms with Crippen LogP contribution < -0.4 is 16.4 Å². The van der Waals surface area contributed by atoms with Crippen LogP contribution in [0.3, 0.4) is 0 Å². The van der Waals surface area contributed by atoms with Crippen molar-refractivity contribution in [3.05, 3.63) is 0 Å². The molecule has 0 aromatic heterocycles. The van der Waals surface area contributed by atoms with Crippen molar-refractivity contribution in [2.24, 2.45) is 5.73 Å². The van der Waals surface area contributed by atoms with Crippen LogP contribution in [0.4, 0.5) is 0 Å². The standard InChI is InChI=1S/C8H13N3O2/c9-4-3-6(4)11-8(13)5-1-2-7(12)10-5/h4-6H,1-3,9H2,(H,10,12)(H,11,13)/t4?,5-,6?/m1/s1. The van der Waals surface area contributed by atoms with Crippen LogP contribution in [-0.2, 0) is 9.59 Å². The predicted octanol–water partition coefficient (Wildman–Crippen LogP) is -1.52. The van der Waals surface area contributed by atoms with E-state index < -0.39 is 0 Å². The molecule has 0 aromatic carbocycles. The van der Waals surface area contributed by atoms with E-state index in [1.165, 1.54) is 0 Å². The number of carbonyl (C=O) groups excluding carboxylic acids is 2. The molecule has 2 aliphatic rings. The summed E-state index contributed by atoms with van der Waals surface area (Å²) in [5, 5.41) is 5.40. The summed E-state index contributed by atoms with van der Waals surface area (Å²) >= 11 is 0. The van der Waals surface area contributed by atoms with Crippen LogP contribution in [0.25, 0.3) is 0 Å². The molecule has 2 fully saturated rings. The predicted molar refractivity (Wildman–Crippen MR) is 45.7 cm³/mol. The molecule has 1 aliphatic heterocycles. The Kier molecular flexibility index (Phi) is 1.95. The zero-order chi connectivity index (χ0) is 9.42. The largest absolute Gasteiger partial charge is 0.350 e. The van der Waals surface area contributed by atoms with Gasteiger partial charge >= 0.3 is 0 Å². The topological polar surface area (TPSA) is 84.2 Å². The van der Waals surface area contributed by atoms with E-state index in [9.17, 15) is 9.59 Å². The fraction of sp³-hybridized carbons (Fsp3) is 0.750. The van der Waals surface area contributed by atoms with Crippen LogP contribution in [0.1, 0.15) is 19.3 Å². The molecule has 1 heterocycles. The highest BCUT2D eigenvalue weighted by molar-refractivity contribution is 5.91. The van der Waals surface area contributed by atoms with Crippen LogP contribution >= 0.6 is 0 Å². The summed E-state index contributed by atoms with van der Waals surface area (Å²) in [6.45, 7) is 0. The molecule has 2 rings (SSSR count). The molecule has 0 radical (unpaired) electrons. The third-order valence-electron chi connectivity index (χ3n) is 2.48. The molecule has 1 aliphatic carbocycles. The highest BCUT2D eigenvalue weighted by atomic mass is 16.2. The minimum atomic E-state index is -0.333. The molecule has 0 spiro atoms. The third kappa shape index (κ3) is 1.80. The molecular formula is C8H13N3O2. The smallest absolute Gasteiger partial charge is 0.242 e. The number of rotatable bonds is 2. The van der Waals surface area contributed by atoms with Gasteiger partial charge in [-0.05, 0) is 12.8 Å². The van der Waals surface area contributed by atoms with Gasteiger partial charge in [0.05, 0.1) is 0 Å². The summed E-state index contributed by atoms with van der Waals surface area (Å²) in [4.78, 5) is 22.2. The molecule has 2 unspecified atom stereocenters. The number of nitrogens with one attached hydrogen (secondary N) is 2. The van der Waals surface area contributed by atoms with Crippen molar-refractivity contribution in [3.63, 3.8) is 0 Å². The molecule has 0 aromatic rings. The minimum absolute atomic E-state index is 0.0414. The second-order valence-corrected chi connectivity index (χ2v) is 3.67. The summed E-state index contributed by atoms with van der Waals surface area (Å²) in [5.74, 6) is -0.135. The third-order valence-corrected chi connectivity index (χ3v) is 2.48. The first kappa shape index (κ1) is 8.50. The average molecular weight is 183 g/mol. The van der Waals surface area contributed by atoms with Crippen LogP contribution in [-0.4, -0.2) is 29.9 Å². The van der Waals surface area contributed by atoms with E-state index in [4.69, 9.17) is 5.73 Å². The Hall–Kier alpha value is -1.10. The summed E-state index contributed by atoms with van der Waals surface area (Å²) in [6, 6.07) is -0.0913. The Morgan fingerprint density at radius 2 is 2.31 bits per heavy atom. The van der Waals surface area contributed by atoms with Crippen LogP contribution in [0.15, 0.2) is 0 Å². The van der Waals surface area contributed by atoms with E-state index in [1.807, 2.05) is 0 Å². The maximum absolute atomic E-state index is 11.4. The van der Waals surface area contributed by atoms with Gasteiger partial charge in [0.2, 0.25) is 11.8 Å². The summed E-state index contributed by atoms with van der Waals surface area (Å²) < 4.78 is 0. The van der Waals surface area contributed by atoms with Crippen LogP contribution in [0.5, 0.6) is 0 Å². The zero-order valence-electron chi connectivity index (χ0n) is 7.25. The Morgan fingerprint density at radius 3 is 2.77 bits per heavy atom. The number of hydrogen-bond acceptors (Lipinski definition) is 3. The Bertz CT molecular complexity index is 254. The van der Waals surface area contributed by atoms with E-state index >= 15 is 0 Å². The lowest BCUT2D eigenvalue weighted by molar-refractivity contribution is -0.125. The van der Waals surface area contributed by atoms with E-state index in [1.54, 1.807) is 0 Å². The maximum Gasteiger partial charge on any atom is 0.242 e. The molecule has 4 N–H and O–H groups in total. The monoisotopic (exact) mass is 183 g/mol. The van der Waals surface area contributed by atoms with Crippen molar-refractivity contribution in [3.8, 4) is 0 Å². The molecule has 5 heteroatoms. The number of hydrogen-bond donors (Lipinski definition) is 3. The molecular weight excluding hydrogens is 170 g/mol. The Balaban J connectivity index is 1.80. The molecule has 5 nitrogen and oxygen atoms in total. The van der Waals surface area contributed by atoms with Crippen molar-refractivity contribution < 1.29 is 9.59 Å². The molecule has 2 amide bonds. The van der Waals surface area contributed by atoms with Gasteiger partial charge in [-0.1, -0.05) is 0 Å². The summed E-state index contributed by atoms with van der Waals surface area (Å²) in [7, 11) is 0. The maximum atomic E-state index is 11.4. The molecule has 1 saturated carbocycles. The fourth-order valence-corrected chi connectivity index (χ4v) is 1.47. The first-order valence-corrected chi connectivity index (χ1v) is 4.52. The molecule has 3 atom stereocenters. The molecule has 13 heavy (non-hydrogen) atoms. The van der Waals surface area contributed by atoms with E-state index in [0.717, 1.165) is 6.42 Å². The highest BCUT2D eigenvalue weighted by Gasteiger charge is 2.37. The van der Waals surface area contributed by atoms with Gasteiger partial charge in [-0.25, -0.2) is 0 Å². The van der Waals surface area contributed by atoms with Gasteiger partial charge in [-0.3, -0.25) is 9.59 Å². The Morgan fingerprint density at radius 1 is 1.62 bits per heavy atom. The first-order valence-electron chi connectivity index (χ1n) is 4.52. The summed E-state index contributed by atoms with van der Waals surface area (Å²) in [5.41, 5.74) is 5.54. The van der Waals surface area contributed by atoms with Crippen molar-refractivity contribution >= 4 is 11.8 Å². The van der Waals surface area contributed by atoms with E-state index in [2.05, 4.69) is 10.6 Å². The van der Waals surface area contributed by atoms with Crippen molar-refractivity contribution in [2.45, 2.75) is 37.4 Å². The van der Waals surface area contributed by atoms with Crippen molar-refractivity contribution in [1.29, 1.82) is 0 Å². The lowest BCUT2D eigenvalue weighted by Gasteiger charge is -2.09. The number of carbonyl (C=O) groups is 2. The fourth-order valence-electron chi connectivity index (χ4n) is 1.47. The second-order valence-electron chi connectivity index (χ2n) is 3.67. The summed E-state index contributed by atoms with van der Waals surface area (Å²) in [6.07, 6.45) is 1.91. The van der Waals surface area contributed by atoms with Crippen LogP contribution in [0.2, 0.25) is 0 Å². The van der Waals surface area contributed by atoms with Gasteiger partial charge in [-0.2, -0.15) is 0 Å². The van der Waals surface area contributed by atoms with Gasteiger partial charge in [0.25, 0.3) is 0 Å². The van der Waals surface area contributed by atoms with Crippen molar-refractivity contribution in [2.75, 3.05) is 0 Å². The first-order chi connectivity index (χ1) is 6.16. The van der Waals surface area contributed by atoms with Gasteiger partial charge in [0.1, 0.15) is 6.04 Å².